The summed E-state index contributed by atoms with van der Waals surface area (Å²) in [6.07, 6.45) is 32.1. The van der Waals surface area contributed by atoms with Crippen LogP contribution in [0.4, 0.5) is 0 Å². The van der Waals surface area contributed by atoms with Crippen LogP contribution in [0.15, 0.2) is 24.3 Å². The van der Waals surface area contributed by atoms with Crippen molar-refractivity contribution in [3.05, 3.63) is 24.3 Å². The molecule has 9 heteroatoms. The predicted molar refractivity (Wildman–Crippen MR) is 185 cm³/mol. The Morgan fingerprint density at radius 1 is 0.652 bits per heavy atom. The molecule has 266 valence electrons. The minimum atomic E-state index is -1.38. The van der Waals surface area contributed by atoms with Gasteiger partial charge in [0.15, 0.2) is 0 Å². The topological polar surface area (TPSA) is 142 Å². The molecule has 0 aliphatic heterocycles. The molecule has 2 unspecified atom stereocenters. The zero-order chi connectivity index (χ0) is 34.1. The van der Waals surface area contributed by atoms with Crippen LogP contribution in [-0.4, -0.2) is 59.3 Å². The van der Waals surface area contributed by atoms with Crippen molar-refractivity contribution in [3.8, 4) is 0 Å². The van der Waals surface area contributed by atoms with Crippen molar-refractivity contribution >= 4 is 23.8 Å². The maximum Gasteiger partial charge on any atom is 0.328 e. The number of rotatable bonds is 32. The normalized spacial score (nSPS) is 12.8. The molecule has 0 aromatic carbocycles. The maximum atomic E-state index is 12.6. The average Bonchev–Trinajstić information content (AvgIpc) is 3.03. The van der Waals surface area contributed by atoms with E-state index in [0.29, 0.717) is 12.8 Å². The van der Waals surface area contributed by atoms with E-state index < -0.39 is 24.5 Å². The molecule has 0 rings (SSSR count). The Bertz CT molecular complexity index is 844. The molecular formula is C37H66N2O7. The van der Waals surface area contributed by atoms with Crippen molar-refractivity contribution in [1.29, 1.82) is 0 Å². The van der Waals surface area contributed by atoms with Crippen molar-refractivity contribution < 1.29 is 34.1 Å². The number of carboxylic acids is 1. The summed E-state index contributed by atoms with van der Waals surface area (Å²) in [5, 5.41) is 22.5. The van der Waals surface area contributed by atoms with Crippen molar-refractivity contribution in [2.75, 3.05) is 13.2 Å². The van der Waals surface area contributed by atoms with E-state index in [-0.39, 0.29) is 30.9 Å². The van der Waals surface area contributed by atoms with Gasteiger partial charge in [0.05, 0.1) is 13.2 Å². The second-order valence-corrected chi connectivity index (χ2v) is 12.3. The molecular weight excluding hydrogens is 584 g/mol. The number of carboxylic acid groups (broad SMARTS) is 1. The average molecular weight is 651 g/mol. The molecule has 4 N–H and O–H groups in total. The summed E-state index contributed by atoms with van der Waals surface area (Å²) >= 11 is 0. The number of hydrogen-bond acceptors (Lipinski definition) is 6. The summed E-state index contributed by atoms with van der Waals surface area (Å²) in [7, 11) is 0. The molecule has 0 saturated carbocycles. The molecule has 2 atom stereocenters. The third-order valence-electron chi connectivity index (χ3n) is 7.93. The number of carbonyl (C=O) groups is 4. The van der Waals surface area contributed by atoms with E-state index in [2.05, 4.69) is 48.8 Å². The summed E-state index contributed by atoms with van der Waals surface area (Å²) in [5.41, 5.74) is 0. The highest BCUT2D eigenvalue weighted by atomic mass is 16.5. The fourth-order valence-corrected chi connectivity index (χ4v) is 5.10. The van der Waals surface area contributed by atoms with Gasteiger partial charge in [-0.15, -0.1) is 0 Å². The van der Waals surface area contributed by atoms with Crippen LogP contribution in [0.5, 0.6) is 0 Å². The van der Waals surface area contributed by atoms with E-state index in [1.54, 1.807) is 0 Å². The van der Waals surface area contributed by atoms with E-state index >= 15 is 0 Å². The summed E-state index contributed by atoms with van der Waals surface area (Å²) < 4.78 is 5.93. The van der Waals surface area contributed by atoms with Crippen LogP contribution in [0.1, 0.15) is 162 Å². The van der Waals surface area contributed by atoms with Crippen molar-refractivity contribution in [2.24, 2.45) is 0 Å². The minimum Gasteiger partial charge on any atom is -0.480 e. The Morgan fingerprint density at radius 3 is 1.83 bits per heavy atom. The number of nitrogens with one attached hydrogen (secondary N) is 2. The van der Waals surface area contributed by atoms with Gasteiger partial charge >= 0.3 is 11.9 Å². The molecule has 0 aromatic heterocycles. The Kier molecular flexibility index (Phi) is 30.4. The summed E-state index contributed by atoms with van der Waals surface area (Å²) in [6.45, 7) is 3.36. The Balaban J connectivity index is 4.21. The minimum absolute atomic E-state index is 0.0439. The first-order chi connectivity index (χ1) is 22.3. The molecule has 0 fully saturated rings. The molecule has 0 aliphatic carbocycles. The number of hydrogen-bond donors (Lipinski definition) is 4. The Hall–Kier alpha value is -2.68. The number of amides is 2. The lowest BCUT2D eigenvalue weighted by atomic mass is 10.0. The SMILES string of the molecule is CCC/C=C\C/C=C\CCCCCCCC(=O)OC(CCCCCCCC)CCCCCCC(=O)NCC(=O)NC(CO)C(=O)O. The van der Waals surface area contributed by atoms with Crippen LogP contribution >= 0.6 is 0 Å². The zero-order valence-electron chi connectivity index (χ0n) is 29.1. The largest absolute Gasteiger partial charge is 0.480 e. The van der Waals surface area contributed by atoms with E-state index in [1.807, 2.05) is 0 Å². The van der Waals surface area contributed by atoms with Gasteiger partial charge in [-0.05, 0) is 64.2 Å². The number of unbranched alkanes of at least 4 members (excludes halogenated alkanes) is 14. The van der Waals surface area contributed by atoms with Gasteiger partial charge in [0.25, 0.3) is 0 Å². The maximum absolute atomic E-state index is 12.6. The smallest absolute Gasteiger partial charge is 0.328 e. The lowest BCUT2D eigenvalue weighted by Crippen LogP contribution is -2.47. The predicted octanol–water partition coefficient (Wildman–Crippen LogP) is 7.70. The molecule has 2 amide bonds. The second-order valence-electron chi connectivity index (χ2n) is 12.3. The van der Waals surface area contributed by atoms with Crippen molar-refractivity contribution in [1.82, 2.24) is 10.6 Å². The van der Waals surface area contributed by atoms with E-state index in [9.17, 15) is 19.2 Å². The molecule has 0 spiro atoms. The Labute approximate surface area is 279 Å². The molecule has 0 aromatic rings. The number of aliphatic hydroxyl groups is 1. The third-order valence-corrected chi connectivity index (χ3v) is 7.93. The summed E-state index contributed by atoms with van der Waals surface area (Å²) in [5.74, 6) is -2.35. The van der Waals surface area contributed by atoms with Gasteiger partial charge < -0.3 is 25.6 Å². The van der Waals surface area contributed by atoms with Gasteiger partial charge in [-0.25, -0.2) is 4.79 Å². The number of aliphatic hydroxyl groups excluding tert-OH is 1. The van der Waals surface area contributed by atoms with Crippen molar-refractivity contribution in [2.45, 2.75) is 174 Å². The first-order valence-electron chi connectivity index (χ1n) is 18.2. The highest BCUT2D eigenvalue weighted by Crippen LogP contribution is 2.18. The van der Waals surface area contributed by atoms with E-state index in [4.69, 9.17) is 14.9 Å². The lowest BCUT2D eigenvalue weighted by molar-refractivity contribution is -0.150. The fourth-order valence-electron chi connectivity index (χ4n) is 5.10. The van der Waals surface area contributed by atoms with Crippen LogP contribution in [0.3, 0.4) is 0 Å². The van der Waals surface area contributed by atoms with E-state index in [1.165, 1.54) is 51.4 Å². The molecule has 9 nitrogen and oxygen atoms in total. The number of ether oxygens (including phenoxy) is 1. The first-order valence-corrected chi connectivity index (χ1v) is 18.2. The summed E-state index contributed by atoms with van der Waals surface area (Å²) in [4.78, 5) is 47.2. The van der Waals surface area contributed by atoms with Crippen molar-refractivity contribution in [3.63, 3.8) is 0 Å². The van der Waals surface area contributed by atoms with Crippen LogP contribution < -0.4 is 10.6 Å². The van der Waals surface area contributed by atoms with Gasteiger partial charge in [-0.3, -0.25) is 14.4 Å². The fraction of sp³-hybridized carbons (Fsp3) is 0.784. The quantitative estimate of drug-likeness (QED) is 0.0332. The standard InChI is InChI=1S/C37H66N2O7/c1-3-5-7-9-11-12-13-14-15-16-17-19-25-29-36(43)46-32(26-22-18-10-8-6-4-2)27-23-20-21-24-28-34(41)38-30-35(42)39-33(31-40)37(44)45/h7,9,12-13,32-33,40H,3-6,8,10-11,14-31H2,1-2H3,(H,38,41)(H,39,42)(H,44,45)/b9-7-,13-12-. The van der Waals surface area contributed by atoms with Gasteiger partial charge in [-0.2, -0.15) is 0 Å². The Morgan fingerprint density at radius 2 is 1.22 bits per heavy atom. The summed E-state index contributed by atoms with van der Waals surface area (Å²) in [6, 6.07) is -1.38. The number of carbonyl (C=O) groups excluding carboxylic acids is 3. The van der Waals surface area contributed by atoms with Crippen LogP contribution in [-0.2, 0) is 23.9 Å². The van der Waals surface area contributed by atoms with E-state index in [0.717, 1.165) is 77.0 Å². The molecule has 0 aliphatic rings. The highest BCUT2D eigenvalue weighted by molar-refractivity contribution is 5.87. The zero-order valence-corrected chi connectivity index (χ0v) is 29.1. The number of esters is 1. The molecule has 0 heterocycles. The first kappa shape index (κ1) is 43.3. The monoisotopic (exact) mass is 650 g/mol. The molecule has 46 heavy (non-hydrogen) atoms. The molecule has 0 radical (unpaired) electrons. The van der Waals surface area contributed by atoms with Gasteiger partial charge in [0.1, 0.15) is 12.1 Å². The third kappa shape index (κ3) is 28.8. The lowest BCUT2D eigenvalue weighted by Gasteiger charge is -2.18. The molecule has 0 saturated heterocycles. The van der Waals surface area contributed by atoms with Crippen LogP contribution in [0.2, 0.25) is 0 Å². The second kappa shape index (κ2) is 32.3. The van der Waals surface area contributed by atoms with Gasteiger partial charge in [-0.1, -0.05) is 109 Å². The van der Waals surface area contributed by atoms with Crippen LogP contribution in [0.25, 0.3) is 0 Å². The number of allylic oxidation sites excluding steroid dienone is 4. The van der Waals surface area contributed by atoms with Crippen LogP contribution in [0, 0.1) is 0 Å². The highest BCUT2D eigenvalue weighted by Gasteiger charge is 2.19. The van der Waals surface area contributed by atoms with Gasteiger partial charge in [0.2, 0.25) is 11.8 Å². The van der Waals surface area contributed by atoms with Gasteiger partial charge in [0, 0.05) is 12.8 Å². The molecule has 0 bridgehead atoms. The number of aliphatic carboxylic acids is 1.